The molecule has 0 bridgehead atoms. The van der Waals surface area contributed by atoms with Gasteiger partial charge in [-0.05, 0) is 20.3 Å². The molecular weight excluding hydrogens is 264 g/mol. The molecule has 0 aromatic rings. The molecule has 0 spiro atoms. The summed E-state index contributed by atoms with van der Waals surface area (Å²) >= 11 is 1.53. The van der Waals surface area contributed by atoms with Crippen molar-refractivity contribution < 1.29 is 14.4 Å². The van der Waals surface area contributed by atoms with Crippen LogP contribution in [0.3, 0.4) is 0 Å². The highest BCUT2D eigenvalue weighted by atomic mass is 32.2. The summed E-state index contributed by atoms with van der Waals surface area (Å²) in [4.78, 5) is 36.6. The average molecular weight is 286 g/mol. The van der Waals surface area contributed by atoms with E-state index in [0.29, 0.717) is 5.25 Å². The number of likely N-dealkylation sites (tertiary alicyclic amines) is 1. The van der Waals surface area contributed by atoms with Crippen molar-refractivity contribution in [3.05, 3.63) is 0 Å². The number of hydrogen-bond donors (Lipinski definition) is 1. The van der Waals surface area contributed by atoms with Gasteiger partial charge in [0.2, 0.25) is 17.7 Å². The summed E-state index contributed by atoms with van der Waals surface area (Å²) in [7, 11) is 0. The lowest BCUT2D eigenvalue weighted by Gasteiger charge is -2.33. The van der Waals surface area contributed by atoms with Crippen molar-refractivity contribution >= 4 is 29.5 Å². The minimum atomic E-state index is -0.842. The molecule has 5 nitrogen and oxygen atoms in total. The molecule has 1 saturated heterocycles. The standard InChI is InChI=1S/C13H22N2O3S/c1-5-8(2)19-9-6-11(17)15(12(9)18)13(3,4)7-10(14)16/h8-9H,5-7H2,1-4H3,(H2,14,16). The Morgan fingerprint density at radius 3 is 2.58 bits per heavy atom. The summed E-state index contributed by atoms with van der Waals surface area (Å²) in [6.07, 6.45) is 1.16. The summed E-state index contributed by atoms with van der Waals surface area (Å²) in [5.74, 6) is -0.915. The van der Waals surface area contributed by atoms with Gasteiger partial charge in [0.05, 0.1) is 10.8 Å². The van der Waals surface area contributed by atoms with Gasteiger partial charge in [0.1, 0.15) is 0 Å². The van der Waals surface area contributed by atoms with Crippen molar-refractivity contribution in [2.75, 3.05) is 0 Å². The lowest BCUT2D eigenvalue weighted by Crippen LogP contribution is -2.50. The van der Waals surface area contributed by atoms with E-state index in [2.05, 4.69) is 0 Å². The molecule has 1 aliphatic rings. The lowest BCUT2D eigenvalue weighted by atomic mass is 9.98. The fraction of sp³-hybridized carbons (Fsp3) is 0.769. The molecule has 0 saturated carbocycles. The number of imide groups is 1. The number of amides is 3. The highest BCUT2D eigenvalue weighted by Gasteiger charge is 2.46. The second kappa shape index (κ2) is 5.94. The topological polar surface area (TPSA) is 80.5 Å². The summed E-state index contributed by atoms with van der Waals surface area (Å²) < 4.78 is 0. The van der Waals surface area contributed by atoms with Crippen molar-refractivity contribution in [3.63, 3.8) is 0 Å². The highest BCUT2D eigenvalue weighted by molar-refractivity contribution is 8.01. The van der Waals surface area contributed by atoms with Crippen molar-refractivity contribution in [2.45, 2.75) is 63.0 Å². The van der Waals surface area contributed by atoms with Gasteiger partial charge >= 0.3 is 0 Å². The van der Waals surface area contributed by atoms with Gasteiger partial charge in [-0.15, -0.1) is 11.8 Å². The van der Waals surface area contributed by atoms with Gasteiger partial charge in [0.25, 0.3) is 0 Å². The van der Waals surface area contributed by atoms with E-state index >= 15 is 0 Å². The van der Waals surface area contributed by atoms with Gasteiger partial charge in [-0.1, -0.05) is 13.8 Å². The zero-order valence-corrected chi connectivity index (χ0v) is 12.8. The largest absolute Gasteiger partial charge is 0.370 e. The summed E-state index contributed by atoms with van der Waals surface area (Å²) in [5.41, 5.74) is 4.34. The summed E-state index contributed by atoms with van der Waals surface area (Å²) in [5, 5.41) is 0.00977. The quantitative estimate of drug-likeness (QED) is 0.746. The van der Waals surface area contributed by atoms with Gasteiger partial charge in [-0.2, -0.15) is 0 Å². The molecule has 3 amide bonds. The number of carbonyl (C=O) groups excluding carboxylic acids is 3. The fourth-order valence-corrected chi connectivity index (χ4v) is 3.44. The second-order valence-electron chi connectivity index (χ2n) is 5.57. The van der Waals surface area contributed by atoms with Crippen LogP contribution in [-0.4, -0.2) is 38.7 Å². The van der Waals surface area contributed by atoms with Crippen molar-refractivity contribution in [2.24, 2.45) is 5.73 Å². The Bertz CT molecular complexity index is 395. The van der Waals surface area contributed by atoms with Crippen LogP contribution in [0.25, 0.3) is 0 Å². The van der Waals surface area contributed by atoms with Gasteiger partial charge in [-0.25, -0.2) is 0 Å². The van der Waals surface area contributed by atoms with Crippen LogP contribution in [0.1, 0.15) is 47.0 Å². The smallest absolute Gasteiger partial charge is 0.243 e. The molecule has 0 radical (unpaired) electrons. The molecule has 0 aromatic carbocycles. The molecule has 1 fully saturated rings. The Kier molecular flexibility index (Phi) is 5.01. The minimum Gasteiger partial charge on any atom is -0.370 e. The third kappa shape index (κ3) is 3.72. The maximum atomic E-state index is 12.3. The second-order valence-corrected chi connectivity index (χ2v) is 7.22. The number of hydrogen-bond acceptors (Lipinski definition) is 4. The van der Waals surface area contributed by atoms with Crippen LogP contribution < -0.4 is 5.73 Å². The molecule has 2 unspecified atom stereocenters. The first-order chi connectivity index (χ1) is 8.69. The number of carbonyl (C=O) groups is 3. The fourth-order valence-electron chi connectivity index (χ4n) is 2.23. The minimum absolute atomic E-state index is 0.00873. The Labute approximate surface area is 118 Å². The molecule has 0 aliphatic carbocycles. The predicted molar refractivity (Wildman–Crippen MR) is 75.5 cm³/mol. The Balaban J connectivity index is 2.84. The zero-order valence-electron chi connectivity index (χ0n) is 11.9. The number of nitrogens with zero attached hydrogens (tertiary/aromatic N) is 1. The molecule has 0 aromatic heterocycles. The van der Waals surface area contributed by atoms with E-state index in [9.17, 15) is 14.4 Å². The normalized spacial score (nSPS) is 21.9. The SMILES string of the molecule is CCC(C)SC1CC(=O)N(C(C)(C)CC(N)=O)C1=O. The van der Waals surface area contributed by atoms with E-state index in [-0.39, 0.29) is 29.9 Å². The molecule has 1 rings (SSSR count). The van der Waals surface area contributed by atoms with E-state index in [1.165, 1.54) is 16.7 Å². The summed E-state index contributed by atoms with van der Waals surface area (Å²) in [6.45, 7) is 7.49. The zero-order chi connectivity index (χ0) is 14.8. The van der Waals surface area contributed by atoms with E-state index in [1.54, 1.807) is 13.8 Å². The summed E-state index contributed by atoms with van der Waals surface area (Å²) in [6, 6.07) is 0. The highest BCUT2D eigenvalue weighted by Crippen LogP contribution is 2.34. The third-order valence-corrected chi connectivity index (χ3v) is 4.78. The molecule has 2 N–H and O–H groups in total. The Morgan fingerprint density at radius 2 is 2.11 bits per heavy atom. The molecule has 1 heterocycles. The maximum Gasteiger partial charge on any atom is 0.243 e. The molecular formula is C13H22N2O3S. The van der Waals surface area contributed by atoms with Gasteiger partial charge in [-0.3, -0.25) is 19.3 Å². The van der Waals surface area contributed by atoms with E-state index in [1.807, 2.05) is 13.8 Å². The number of primary amides is 1. The van der Waals surface area contributed by atoms with E-state index < -0.39 is 11.4 Å². The van der Waals surface area contributed by atoms with Crippen LogP contribution >= 0.6 is 11.8 Å². The van der Waals surface area contributed by atoms with Gasteiger partial charge < -0.3 is 5.73 Å². The monoisotopic (exact) mass is 286 g/mol. The predicted octanol–water partition coefficient (Wildman–Crippen LogP) is 1.30. The molecule has 1 aliphatic heterocycles. The average Bonchev–Trinajstić information content (AvgIpc) is 2.52. The van der Waals surface area contributed by atoms with Crippen molar-refractivity contribution in [1.29, 1.82) is 0 Å². The van der Waals surface area contributed by atoms with Crippen LogP contribution in [0.4, 0.5) is 0 Å². The van der Waals surface area contributed by atoms with Crippen LogP contribution in [0.15, 0.2) is 0 Å². The molecule has 2 atom stereocenters. The van der Waals surface area contributed by atoms with E-state index in [0.717, 1.165) is 6.42 Å². The van der Waals surface area contributed by atoms with Gasteiger partial charge in [0, 0.05) is 18.1 Å². The van der Waals surface area contributed by atoms with Crippen molar-refractivity contribution in [1.82, 2.24) is 4.90 Å². The first-order valence-electron chi connectivity index (χ1n) is 6.49. The Hall–Kier alpha value is -1.04. The number of rotatable bonds is 6. The van der Waals surface area contributed by atoms with Gasteiger partial charge in [0.15, 0.2) is 0 Å². The first-order valence-corrected chi connectivity index (χ1v) is 7.44. The van der Waals surface area contributed by atoms with Crippen molar-refractivity contribution in [3.8, 4) is 0 Å². The third-order valence-electron chi connectivity index (χ3n) is 3.29. The molecule has 19 heavy (non-hydrogen) atoms. The van der Waals surface area contributed by atoms with Crippen LogP contribution in [-0.2, 0) is 14.4 Å². The number of nitrogens with two attached hydrogens (primary N) is 1. The maximum absolute atomic E-state index is 12.3. The molecule has 108 valence electrons. The van der Waals surface area contributed by atoms with Crippen LogP contribution in [0, 0.1) is 0 Å². The van der Waals surface area contributed by atoms with E-state index in [4.69, 9.17) is 5.73 Å². The molecule has 6 heteroatoms. The van der Waals surface area contributed by atoms with Crippen LogP contribution in [0.5, 0.6) is 0 Å². The first kappa shape index (κ1) is 16.0. The van der Waals surface area contributed by atoms with Crippen LogP contribution in [0.2, 0.25) is 0 Å². The Morgan fingerprint density at radius 1 is 1.53 bits per heavy atom. The number of thioether (sulfide) groups is 1. The lowest BCUT2D eigenvalue weighted by molar-refractivity contribution is -0.145.